The smallest absolute Gasteiger partial charge is 0.128 e. The van der Waals surface area contributed by atoms with Crippen molar-refractivity contribution >= 4 is 28.8 Å². The lowest BCUT2D eigenvalue weighted by molar-refractivity contribution is 0.648. The number of aromatic nitrogens is 1. The first kappa shape index (κ1) is 13.1. The number of benzene rings is 1. The average molecular weight is 289 g/mol. The number of hydrogen-bond donors (Lipinski definition) is 1. The fourth-order valence-corrected chi connectivity index (χ4v) is 2.67. The summed E-state index contributed by atoms with van der Waals surface area (Å²) in [7, 11) is 0. The minimum atomic E-state index is 0.723. The largest absolute Gasteiger partial charge is 0.397 e. The molecule has 0 amide bonds. The van der Waals surface area contributed by atoms with Gasteiger partial charge in [0.25, 0.3) is 0 Å². The van der Waals surface area contributed by atoms with Crippen LogP contribution in [0.5, 0.6) is 0 Å². The van der Waals surface area contributed by atoms with E-state index >= 15 is 0 Å². The fraction of sp³-hybridized carbons (Fsp3) is 0.267. The molecule has 0 unspecified atom stereocenters. The first-order chi connectivity index (χ1) is 9.74. The minimum Gasteiger partial charge on any atom is -0.397 e. The standard InChI is InChI=1S/C15H17ClN4/c16-12-4-5-13(17)14(11-12)19-7-9-20(10-8-19)15-3-1-2-6-18-15/h1-6,11H,7-10,17H2. The molecule has 1 aliphatic rings. The number of nitrogens with two attached hydrogens (primary N) is 1. The van der Waals surface area contributed by atoms with Crippen LogP contribution in [-0.2, 0) is 0 Å². The average Bonchev–Trinajstić information content (AvgIpc) is 2.51. The van der Waals surface area contributed by atoms with E-state index in [1.54, 1.807) is 0 Å². The van der Waals surface area contributed by atoms with E-state index < -0.39 is 0 Å². The Hall–Kier alpha value is -1.94. The highest BCUT2D eigenvalue weighted by molar-refractivity contribution is 6.31. The van der Waals surface area contributed by atoms with Gasteiger partial charge in [0, 0.05) is 37.4 Å². The lowest BCUT2D eigenvalue weighted by atomic mass is 10.2. The third-order valence-corrected chi connectivity index (χ3v) is 3.82. The first-order valence-electron chi connectivity index (χ1n) is 6.70. The van der Waals surface area contributed by atoms with Gasteiger partial charge in [0.05, 0.1) is 11.4 Å². The van der Waals surface area contributed by atoms with Gasteiger partial charge in [0.15, 0.2) is 0 Å². The molecule has 2 N–H and O–H groups in total. The van der Waals surface area contributed by atoms with Crippen molar-refractivity contribution in [3.05, 3.63) is 47.6 Å². The number of nitrogens with zero attached hydrogens (tertiary/aromatic N) is 3. The Kier molecular flexibility index (Phi) is 3.65. The highest BCUT2D eigenvalue weighted by Crippen LogP contribution is 2.28. The van der Waals surface area contributed by atoms with Crippen LogP contribution >= 0.6 is 11.6 Å². The third-order valence-electron chi connectivity index (χ3n) is 3.59. The van der Waals surface area contributed by atoms with E-state index in [1.165, 1.54) is 0 Å². The number of halogens is 1. The van der Waals surface area contributed by atoms with Crippen LogP contribution in [0.1, 0.15) is 0 Å². The lowest BCUT2D eigenvalue weighted by Gasteiger charge is -2.37. The van der Waals surface area contributed by atoms with Crippen molar-refractivity contribution in [1.29, 1.82) is 0 Å². The molecule has 0 atom stereocenters. The van der Waals surface area contributed by atoms with Gasteiger partial charge in [-0.1, -0.05) is 17.7 Å². The predicted molar refractivity (Wildman–Crippen MR) is 84.5 cm³/mol. The molecular weight excluding hydrogens is 272 g/mol. The molecule has 0 saturated carbocycles. The molecule has 1 aromatic carbocycles. The Morgan fingerprint density at radius 1 is 1.00 bits per heavy atom. The van der Waals surface area contributed by atoms with Gasteiger partial charge < -0.3 is 15.5 Å². The van der Waals surface area contributed by atoms with Crippen LogP contribution < -0.4 is 15.5 Å². The summed E-state index contributed by atoms with van der Waals surface area (Å²) in [6, 6.07) is 11.6. The van der Waals surface area contributed by atoms with Crippen LogP contribution in [0, 0.1) is 0 Å². The SMILES string of the molecule is Nc1ccc(Cl)cc1N1CCN(c2ccccn2)CC1. The van der Waals surface area contributed by atoms with Crippen LogP contribution in [0.2, 0.25) is 5.02 Å². The minimum absolute atomic E-state index is 0.723. The van der Waals surface area contributed by atoms with Gasteiger partial charge in [0.1, 0.15) is 5.82 Å². The van der Waals surface area contributed by atoms with Crippen LogP contribution in [0.15, 0.2) is 42.6 Å². The quantitative estimate of drug-likeness (QED) is 0.863. The molecular formula is C15H17ClN4. The van der Waals surface area contributed by atoms with Gasteiger partial charge in [-0.05, 0) is 30.3 Å². The van der Waals surface area contributed by atoms with Crippen molar-refractivity contribution in [2.45, 2.75) is 0 Å². The van der Waals surface area contributed by atoms with E-state index in [0.29, 0.717) is 0 Å². The maximum absolute atomic E-state index is 6.06. The second-order valence-corrected chi connectivity index (χ2v) is 5.30. The van der Waals surface area contributed by atoms with Gasteiger partial charge in [-0.15, -0.1) is 0 Å². The predicted octanol–water partition coefficient (Wildman–Crippen LogP) is 2.64. The Morgan fingerprint density at radius 2 is 1.75 bits per heavy atom. The Labute approximate surface area is 123 Å². The van der Waals surface area contributed by atoms with Crippen molar-refractivity contribution < 1.29 is 0 Å². The van der Waals surface area contributed by atoms with Gasteiger partial charge in [-0.25, -0.2) is 4.98 Å². The summed E-state index contributed by atoms with van der Waals surface area (Å²) in [6.45, 7) is 3.70. The summed E-state index contributed by atoms with van der Waals surface area (Å²) in [5.74, 6) is 1.03. The summed E-state index contributed by atoms with van der Waals surface area (Å²) in [5, 5.41) is 0.723. The van der Waals surface area contributed by atoms with Gasteiger partial charge in [-0.2, -0.15) is 0 Å². The molecule has 2 heterocycles. The molecule has 1 aliphatic heterocycles. The summed E-state index contributed by atoms with van der Waals surface area (Å²) in [6.07, 6.45) is 1.83. The maximum atomic E-state index is 6.06. The normalized spacial score (nSPS) is 15.4. The monoisotopic (exact) mass is 288 g/mol. The number of rotatable bonds is 2. The highest BCUT2D eigenvalue weighted by atomic mass is 35.5. The highest BCUT2D eigenvalue weighted by Gasteiger charge is 2.19. The molecule has 1 fully saturated rings. The van der Waals surface area contributed by atoms with Crippen LogP contribution in [-0.4, -0.2) is 31.2 Å². The van der Waals surface area contributed by atoms with E-state index in [-0.39, 0.29) is 0 Å². The maximum Gasteiger partial charge on any atom is 0.128 e. The van der Waals surface area contributed by atoms with Crippen molar-refractivity contribution in [3.63, 3.8) is 0 Å². The molecule has 4 nitrogen and oxygen atoms in total. The van der Waals surface area contributed by atoms with Crippen molar-refractivity contribution in [2.75, 3.05) is 41.7 Å². The topological polar surface area (TPSA) is 45.4 Å². The van der Waals surface area contributed by atoms with E-state index in [2.05, 4.69) is 14.8 Å². The zero-order valence-electron chi connectivity index (χ0n) is 11.2. The van der Waals surface area contributed by atoms with E-state index in [9.17, 15) is 0 Å². The summed E-state index contributed by atoms with van der Waals surface area (Å²) in [5.41, 5.74) is 7.84. The number of nitrogen functional groups attached to an aromatic ring is 1. The van der Waals surface area contributed by atoms with E-state index in [1.807, 2.05) is 42.6 Å². The molecule has 20 heavy (non-hydrogen) atoms. The summed E-state index contributed by atoms with van der Waals surface area (Å²) in [4.78, 5) is 8.96. The van der Waals surface area contributed by atoms with E-state index in [0.717, 1.165) is 48.4 Å². The molecule has 0 spiro atoms. The number of hydrogen-bond acceptors (Lipinski definition) is 4. The molecule has 1 aromatic heterocycles. The molecule has 5 heteroatoms. The van der Waals surface area contributed by atoms with Crippen molar-refractivity contribution in [3.8, 4) is 0 Å². The van der Waals surface area contributed by atoms with Crippen LogP contribution in [0.25, 0.3) is 0 Å². The zero-order valence-corrected chi connectivity index (χ0v) is 11.9. The Bertz CT molecular complexity index is 580. The van der Waals surface area contributed by atoms with Gasteiger partial charge in [-0.3, -0.25) is 0 Å². The summed E-state index contributed by atoms with van der Waals surface area (Å²) < 4.78 is 0. The molecule has 3 rings (SSSR count). The van der Waals surface area contributed by atoms with Crippen molar-refractivity contribution in [1.82, 2.24) is 4.98 Å². The third kappa shape index (κ3) is 2.65. The number of anilines is 3. The number of pyridine rings is 1. The lowest BCUT2D eigenvalue weighted by Crippen LogP contribution is -2.47. The molecule has 1 saturated heterocycles. The van der Waals surface area contributed by atoms with Gasteiger partial charge >= 0.3 is 0 Å². The van der Waals surface area contributed by atoms with Crippen LogP contribution in [0.3, 0.4) is 0 Å². The molecule has 2 aromatic rings. The summed E-state index contributed by atoms with van der Waals surface area (Å²) >= 11 is 6.06. The molecule has 0 aliphatic carbocycles. The fourth-order valence-electron chi connectivity index (χ4n) is 2.51. The molecule has 104 valence electrons. The Balaban J connectivity index is 1.71. The second-order valence-electron chi connectivity index (χ2n) is 4.87. The zero-order chi connectivity index (χ0) is 13.9. The first-order valence-corrected chi connectivity index (χ1v) is 7.08. The van der Waals surface area contributed by atoms with Gasteiger partial charge in [0.2, 0.25) is 0 Å². The Morgan fingerprint density at radius 3 is 2.45 bits per heavy atom. The van der Waals surface area contributed by atoms with Crippen LogP contribution in [0.4, 0.5) is 17.2 Å². The second kappa shape index (κ2) is 5.59. The molecule has 0 radical (unpaired) electrons. The van der Waals surface area contributed by atoms with E-state index in [4.69, 9.17) is 17.3 Å². The van der Waals surface area contributed by atoms with Crippen molar-refractivity contribution in [2.24, 2.45) is 0 Å². The number of piperazine rings is 1. The molecule has 0 bridgehead atoms.